The van der Waals surface area contributed by atoms with Crippen LogP contribution in [0.15, 0.2) is 36.9 Å². The van der Waals surface area contributed by atoms with Gasteiger partial charge in [-0.2, -0.15) is 10.1 Å². The Kier molecular flexibility index (Phi) is 3.59. The number of imidazole rings is 1. The molecule has 1 fully saturated rings. The van der Waals surface area contributed by atoms with Crippen LogP contribution in [0.25, 0.3) is 17.0 Å². The number of fused-ring (bicyclic) bond motifs is 1. The van der Waals surface area contributed by atoms with Crippen LogP contribution < -0.4 is 5.32 Å². The third kappa shape index (κ3) is 3.01. The Hall–Kier alpha value is -3.36. The van der Waals surface area contributed by atoms with Crippen LogP contribution in [-0.2, 0) is 0 Å². The molecule has 2 N–H and O–H groups in total. The quantitative estimate of drug-likeness (QED) is 0.565. The van der Waals surface area contributed by atoms with Gasteiger partial charge < -0.3 is 5.32 Å². The van der Waals surface area contributed by atoms with Gasteiger partial charge in [-0.25, -0.2) is 14.4 Å². The molecule has 0 saturated heterocycles. The van der Waals surface area contributed by atoms with Gasteiger partial charge >= 0.3 is 0 Å². The van der Waals surface area contributed by atoms with E-state index in [2.05, 4.69) is 35.5 Å². The first-order valence-corrected chi connectivity index (χ1v) is 8.81. The molecule has 1 aliphatic rings. The fourth-order valence-electron chi connectivity index (χ4n) is 3.01. The molecule has 0 bridgehead atoms. The standard InChI is InChI=1S/C18H17FN8/c1-10(13-5-4-12(19)7-20-13)23-18-21-8-15-17(24-18)27(9-22-15)16-6-14(25-26-16)11-2-3-11/h4-11H,2-3H2,1H3,(H,25,26)(H,21,23,24). The lowest BCUT2D eigenvalue weighted by atomic mass is 10.2. The minimum atomic E-state index is -0.364. The Morgan fingerprint density at radius 3 is 2.89 bits per heavy atom. The van der Waals surface area contributed by atoms with Gasteiger partial charge in [0.05, 0.1) is 24.1 Å². The summed E-state index contributed by atoms with van der Waals surface area (Å²) in [6.07, 6.45) is 6.97. The van der Waals surface area contributed by atoms with Crippen molar-refractivity contribution in [3.05, 3.63) is 54.1 Å². The topological polar surface area (TPSA) is 97.2 Å². The Bertz CT molecular complexity index is 1100. The van der Waals surface area contributed by atoms with Crippen molar-refractivity contribution >= 4 is 17.1 Å². The number of nitrogens with one attached hydrogen (secondary N) is 2. The molecule has 4 aromatic heterocycles. The summed E-state index contributed by atoms with van der Waals surface area (Å²) in [5, 5.41) is 10.7. The maximum Gasteiger partial charge on any atom is 0.225 e. The molecule has 0 aliphatic heterocycles. The van der Waals surface area contributed by atoms with Crippen molar-refractivity contribution < 1.29 is 4.39 Å². The van der Waals surface area contributed by atoms with E-state index in [4.69, 9.17) is 0 Å². The molecule has 1 atom stereocenters. The first-order chi connectivity index (χ1) is 13.2. The lowest BCUT2D eigenvalue weighted by Gasteiger charge is -2.13. The van der Waals surface area contributed by atoms with E-state index in [-0.39, 0.29) is 11.9 Å². The summed E-state index contributed by atoms with van der Waals surface area (Å²) in [5.41, 5.74) is 3.20. The average molecular weight is 364 g/mol. The number of pyridine rings is 1. The van der Waals surface area contributed by atoms with Crippen LogP contribution in [0.3, 0.4) is 0 Å². The molecule has 4 aromatic rings. The molecule has 1 aliphatic carbocycles. The highest BCUT2D eigenvalue weighted by molar-refractivity contribution is 5.72. The molecule has 1 saturated carbocycles. The molecule has 8 nitrogen and oxygen atoms in total. The van der Waals surface area contributed by atoms with E-state index in [1.54, 1.807) is 18.6 Å². The van der Waals surface area contributed by atoms with Gasteiger partial charge in [-0.05, 0) is 31.9 Å². The molecule has 0 aromatic carbocycles. The van der Waals surface area contributed by atoms with Gasteiger partial charge in [0, 0.05) is 17.7 Å². The lowest BCUT2D eigenvalue weighted by molar-refractivity contribution is 0.617. The number of hydrogen-bond acceptors (Lipinski definition) is 6. The third-order valence-corrected chi connectivity index (χ3v) is 4.68. The van der Waals surface area contributed by atoms with Gasteiger partial charge in [-0.1, -0.05) is 0 Å². The van der Waals surface area contributed by atoms with E-state index in [1.807, 2.05) is 17.6 Å². The predicted molar refractivity (Wildman–Crippen MR) is 97.0 cm³/mol. The van der Waals surface area contributed by atoms with Crippen LogP contribution in [0.1, 0.15) is 43.1 Å². The molecule has 4 heterocycles. The molecule has 0 spiro atoms. The Morgan fingerprint density at radius 2 is 2.11 bits per heavy atom. The second kappa shape index (κ2) is 6.11. The molecule has 0 radical (unpaired) electrons. The maximum atomic E-state index is 13.1. The zero-order valence-corrected chi connectivity index (χ0v) is 14.6. The number of halogens is 1. The van der Waals surface area contributed by atoms with Crippen molar-refractivity contribution in [3.63, 3.8) is 0 Å². The minimum Gasteiger partial charge on any atom is -0.346 e. The second-order valence-corrected chi connectivity index (χ2v) is 6.74. The lowest BCUT2D eigenvalue weighted by Crippen LogP contribution is -2.11. The third-order valence-electron chi connectivity index (χ3n) is 4.68. The van der Waals surface area contributed by atoms with Gasteiger partial charge in [0.15, 0.2) is 11.5 Å². The smallest absolute Gasteiger partial charge is 0.225 e. The Balaban J connectivity index is 1.44. The van der Waals surface area contributed by atoms with Crippen molar-refractivity contribution in [1.82, 2.24) is 34.7 Å². The van der Waals surface area contributed by atoms with Crippen molar-refractivity contribution in [2.45, 2.75) is 31.7 Å². The number of aromatic amines is 1. The normalized spacial score (nSPS) is 15.2. The zero-order chi connectivity index (χ0) is 18.4. The fourth-order valence-corrected chi connectivity index (χ4v) is 3.01. The molecular formula is C18H17FN8. The van der Waals surface area contributed by atoms with E-state index < -0.39 is 0 Å². The van der Waals surface area contributed by atoms with Crippen molar-refractivity contribution in [3.8, 4) is 5.82 Å². The number of anilines is 1. The van der Waals surface area contributed by atoms with E-state index in [1.165, 1.54) is 25.1 Å². The van der Waals surface area contributed by atoms with Crippen molar-refractivity contribution in [1.29, 1.82) is 0 Å². The number of aromatic nitrogens is 7. The highest BCUT2D eigenvalue weighted by Gasteiger charge is 2.26. The molecule has 5 rings (SSSR count). The first kappa shape index (κ1) is 15.9. The number of nitrogens with zero attached hydrogens (tertiary/aromatic N) is 6. The van der Waals surface area contributed by atoms with Gasteiger partial charge in [0.1, 0.15) is 17.7 Å². The van der Waals surface area contributed by atoms with Crippen molar-refractivity contribution in [2.24, 2.45) is 0 Å². The number of rotatable bonds is 5. The molecule has 27 heavy (non-hydrogen) atoms. The predicted octanol–water partition coefficient (Wildman–Crippen LogP) is 3.12. The zero-order valence-electron chi connectivity index (χ0n) is 14.6. The largest absolute Gasteiger partial charge is 0.346 e. The highest BCUT2D eigenvalue weighted by atomic mass is 19.1. The number of H-pyrrole nitrogens is 1. The molecule has 1 unspecified atom stereocenters. The van der Waals surface area contributed by atoms with Crippen LogP contribution >= 0.6 is 0 Å². The van der Waals surface area contributed by atoms with Crippen LogP contribution in [0.2, 0.25) is 0 Å². The first-order valence-electron chi connectivity index (χ1n) is 8.81. The van der Waals surface area contributed by atoms with E-state index >= 15 is 0 Å². The van der Waals surface area contributed by atoms with Gasteiger partial charge in [-0.3, -0.25) is 14.6 Å². The number of hydrogen-bond donors (Lipinski definition) is 2. The van der Waals surface area contributed by atoms with Crippen LogP contribution in [0.5, 0.6) is 0 Å². The summed E-state index contributed by atoms with van der Waals surface area (Å²) in [6.45, 7) is 1.92. The van der Waals surface area contributed by atoms with E-state index in [9.17, 15) is 4.39 Å². The van der Waals surface area contributed by atoms with Gasteiger partial charge in [0.25, 0.3) is 0 Å². The minimum absolute atomic E-state index is 0.175. The summed E-state index contributed by atoms with van der Waals surface area (Å²) in [6, 6.07) is 4.89. The van der Waals surface area contributed by atoms with E-state index in [0.29, 0.717) is 28.7 Å². The summed E-state index contributed by atoms with van der Waals surface area (Å²) in [7, 11) is 0. The second-order valence-electron chi connectivity index (χ2n) is 6.74. The fraction of sp³-hybridized carbons (Fsp3) is 0.278. The van der Waals surface area contributed by atoms with Gasteiger partial charge in [0.2, 0.25) is 5.95 Å². The van der Waals surface area contributed by atoms with Crippen LogP contribution in [0.4, 0.5) is 10.3 Å². The van der Waals surface area contributed by atoms with Crippen molar-refractivity contribution in [2.75, 3.05) is 5.32 Å². The molecule has 9 heteroatoms. The Labute approximate surface area is 153 Å². The van der Waals surface area contributed by atoms with Crippen LogP contribution in [0, 0.1) is 5.82 Å². The maximum absolute atomic E-state index is 13.1. The molecule has 136 valence electrons. The summed E-state index contributed by atoms with van der Waals surface area (Å²) in [4.78, 5) is 17.3. The SMILES string of the molecule is CC(Nc1ncc2ncn(-c3cc(C4CC4)[nH]n3)c2n1)c1ccc(F)cn1. The molecule has 0 amide bonds. The summed E-state index contributed by atoms with van der Waals surface area (Å²) < 4.78 is 14.9. The van der Waals surface area contributed by atoms with Gasteiger partial charge in [-0.15, -0.1) is 0 Å². The monoisotopic (exact) mass is 364 g/mol. The van der Waals surface area contributed by atoms with E-state index in [0.717, 1.165) is 11.5 Å². The van der Waals surface area contributed by atoms with Crippen LogP contribution in [-0.4, -0.2) is 34.7 Å². The Morgan fingerprint density at radius 1 is 1.22 bits per heavy atom. The average Bonchev–Trinajstić information content (AvgIpc) is 3.26. The summed E-state index contributed by atoms with van der Waals surface area (Å²) in [5.74, 6) is 1.44. The highest BCUT2D eigenvalue weighted by Crippen LogP contribution is 2.39. The molecular weight excluding hydrogens is 347 g/mol. The summed E-state index contributed by atoms with van der Waals surface area (Å²) >= 11 is 0.